The van der Waals surface area contributed by atoms with E-state index in [1.807, 2.05) is 0 Å². The number of carboxylic acid groups (broad SMARTS) is 1. The first kappa shape index (κ1) is 22.9. The summed E-state index contributed by atoms with van der Waals surface area (Å²) < 4.78 is 46.8. The third-order valence-electron chi connectivity index (χ3n) is 4.73. The van der Waals surface area contributed by atoms with Crippen LogP contribution in [-0.4, -0.2) is 33.9 Å². The third kappa shape index (κ3) is 5.26. The van der Waals surface area contributed by atoms with Gasteiger partial charge in [0.15, 0.2) is 0 Å². The van der Waals surface area contributed by atoms with Crippen molar-refractivity contribution in [2.24, 2.45) is 7.05 Å². The third-order valence-corrected chi connectivity index (χ3v) is 4.73. The Morgan fingerprint density at radius 2 is 1.88 bits per heavy atom. The summed E-state index contributed by atoms with van der Waals surface area (Å²) in [4.78, 5) is 23.5. The lowest BCUT2D eigenvalue weighted by Crippen LogP contribution is -2.24. The zero-order valence-electron chi connectivity index (χ0n) is 17.2. The topological polar surface area (TPSA) is 93.5 Å². The monoisotopic (exact) mass is 447 g/mol. The van der Waals surface area contributed by atoms with Gasteiger partial charge in [0.1, 0.15) is 11.4 Å². The van der Waals surface area contributed by atoms with Crippen LogP contribution in [0.5, 0.6) is 5.75 Å². The van der Waals surface area contributed by atoms with Crippen molar-refractivity contribution < 1.29 is 32.6 Å². The van der Waals surface area contributed by atoms with Crippen LogP contribution in [0.25, 0.3) is 11.1 Å². The smallest absolute Gasteiger partial charge is 0.416 e. The molecule has 0 aliphatic rings. The minimum absolute atomic E-state index is 0.127. The van der Waals surface area contributed by atoms with Crippen molar-refractivity contribution in [3.63, 3.8) is 0 Å². The number of benzene rings is 2. The van der Waals surface area contributed by atoms with Crippen molar-refractivity contribution in [3.05, 3.63) is 71.0 Å². The average molecular weight is 447 g/mol. The minimum Gasteiger partial charge on any atom is -0.496 e. The Bertz CT molecular complexity index is 1160. The number of hydrogen-bond acceptors (Lipinski definition) is 4. The number of hydrogen-bond donors (Lipinski definition) is 2. The number of halogens is 3. The van der Waals surface area contributed by atoms with Gasteiger partial charge in [-0.15, -0.1) is 0 Å². The Morgan fingerprint density at radius 1 is 1.12 bits per heavy atom. The van der Waals surface area contributed by atoms with Gasteiger partial charge in [-0.25, -0.2) is 0 Å². The zero-order valence-corrected chi connectivity index (χ0v) is 17.2. The van der Waals surface area contributed by atoms with Gasteiger partial charge in [0.05, 0.1) is 19.1 Å². The molecule has 3 rings (SSSR count). The molecule has 7 nitrogen and oxygen atoms in total. The molecule has 0 aliphatic heterocycles. The van der Waals surface area contributed by atoms with E-state index in [-0.39, 0.29) is 24.2 Å². The summed E-state index contributed by atoms with van der Waals surface area (Å²) in [6, 6.07) is 9.35. The van der Waals surface area contributed by atoms with Crippen LogP contribution in [0, 0.1) is 0 Å². The highest BCUT2D eigenvalue weighted by Crippen LogP contribution is 2.37. The predicted molar refractivity (Wildman–Crippen MR) is 109 cm³/mol. The highest BCUT2D eigenvalue weighted by molar-refractivity contribution is 5.92. The van der Waals surface area contributed by atoms with Crippen LogP contribution in [0.2, 0.25) is 0 Å². The molecular formula is C22H20F3N3O4. The summed E-state index contributed by atoms with van der Waals surface area (Å²) in [5, 5.41) is 15.6. The number of aliphatic carboxylic acids is 1. The lowest BCUT2D eigenvalue weighted by atomic mass is 9.94. The number of carbonyl (C=O) groups is 2. The van der Waals surface area contributed by atoms with Crippen LogP contribution >= 0.6 is 0 Å². The maximum atomic E-state index is 13.3. The van der Waals surface area contributed by atoms with Gasteiger partial charge in [0, 0.05) is 25.4 Å². The van der Waals surface area contributed by atoms with Crippen LogP contribution in [0.3, 0.4) is 0 Å². The van der Waals surface area contributed by atoms with E-state index >= 15 is 0 Å². The Kier molecular flexibility index (Phi) is 6.52. The summed E-state index contributed by atoms with van der Waals surface area (Å²) in [6.07, 6.45) is -3.26. The van der Waals surface area contributed by atoms with Crippen molar-refractivity contribution in [2.75, 3.05) is 7.11 Å². The summed E-state index contributed by atoms with van der Waals surface area (Å²) in [5.74, 6) is -1.23. The molecule has 168 valence electrons. The second-order valence-electron chi connectivity index (χ2n) is 7.03. The molecule has 0 fully saturated rings. The van der Waals surface area contributed by atoms with Crippen molar-refractivity contribution in [2.45, 2.75) is 19.1 Å². The number of amides is 1. The Hall–Kier alpha value is -3.82. The fraction of sp³-hybridized carbons (Fsp3) is 0.227. The standard InChI is InChI=1S/C22H20F3N3O4/c1-28-8-7-18(27-28)21(31)26-12-14-11-15(22(23,24)25)4-5-16(14)17-9-13(10-20(29)30)3-6-19(17)32-2/h3-9,11H,10,12H2,1-2H3,(H,26,31)(H,29,30). The summed E-state index contributed by atoms with van der Waals surface area (Å²) in [7, 11) is 3.04. The quantitative estimate of drug-likeness (QED) is 0.577. The predicted octanol–water partition coefficient (Wildman–Crippen LogP) is 3.67. The maximum absolute atomic E-state index is 13.3. The number of aryl methyl sites for hydroxylation is 1. The number of aromatic nitrogens is 2. The molecule has 2 N–H and O–H groups in total. The molecule has 0 saturated carbocycles. The fourth-order valence-corrected chi connectivity index (χ4v) is 3.23. The lowest BCUT2D eigenvalue weighted by Gasteiger charge is -2.17. The number of nitrogens with one attached hydrogen (secondary N) is 1. The molecule has 1 aromatic heterocycles. The maximum Gasteiger partial charge on any atom is 0.416 e. The van der Waals surface area contributed by atoms with E-state index in [9.17, 15) is 22.8 Å². The van der Waals surface area contributed by atoms with Gasteiger partial charge >= 0.3 is 12.1 Å². The lowest BCUT2D eigenvalue weighted by molar-refractivity contribution is -0.138. The van der Waals surface area contributed by atoms with Gasteiger partial charge in [0.25, 0.3) is 5.91 Å². The van der Waals surface area contributed by atoms with Crippen molar-refractivity contribution >= 4 is 11.9 Å². The highest BCUT2D eigenvalue weighted by Gasteiger charge is 2.31. The van der Waals surface area contributed by atoms with Crippen LogP contribution in [0.1, 0.15) is 27.2 Å². The number of carbonyl (C=O) groups excluding carboxylic acids is 1. The first-order valence-corrected chi connectivity index (χ1v) is 9.45. The van der Waals surface area contributed by atoms with Crippen molar-refractivity contribution in [3.8, 4) is 16.9 Å². The SMILES string of the molecule is COc1ccc(CC(=O)O)cc1-c1ccc(C(F)(F)F)cc1CNC(=O)c1ccn(C)n1. The average Bonchev–Trinajstić information content (AvgIpc) is 3.17. The zero-order chi connectivity index (χ0) is 23.5. The molecule has 10 heteroatoms. The molecule has 0 saturated heterocycles. The van der Waals surface area contributed by atoms with Crippen molar-refractivity contribution in [1.82, 2.24) is 15.1 Å². The number of nitrogens with zero attached hydrogens (tertiary/aromatic N) is 2. The Morgan fingerprint density at radius 3 is 2.47 bits per heavy atom. The second kappa shape index (κ2) is 9.13. The first-order valence-electron chi connectivity index (χ1n) is 9.45. The molecule has 0 unspecified atom stereocenters. The molecule has 0 radical (unpaired) electrons. The Balaban J connectivity index is 2.03. The molecule has 3 aromatic rings. The van der Waals surface area contributed by atoms with Crippen LogP contribution < -0.4 is 10.1 Å². The summed E-state index contributed by atoms with van der Waals surface area (Å²) in [6.45, 7) is -0.207. The van der Waals surface area contributed by atoms with Crippen LogP contribution in [0.4, 0.5) is 13.2 Å². The van der Waals surface area contributed by atoms with Gasteiger partial charge in [-0.05, 0) is 47.0 Å². The molecular weight excluding hydrogens is 427 g/mol. The molecule has 1 heterocycles. The highest BCUT2D eigenvalue weighted by atomic mass is 19.4. The second-order valence-corrected chi connectivity index (χ2v) is 7.03. The molecule has 1 amide bonds. The fourth-order valence-electron chi connectivity index (χ4n) is 3.23. The van der Waals surface area contributed by atoms with E-state index in [1.165, 1.54) is 23.9 Å². The van der Waals surface area contributed by atoms with Crippen LogP contribution in [0.15, 0.2) is 48.7 Å². The van der Waals surface area contributed by atoms with E-state index < -0.39 is 23.6 Å². The molecule has 0 spiro atoms. The van der Waals surface area contributed by atoms with Gasteiger partial charge in [-0.1, -0.05) is 12.1 Å². The molecule has 0 bridgehead atoms. The first-order chi connectivity index (χ1) is 15.1. The number of carboxylic acids is 1. The van der Waals surface area contributed by atoms with E-state index in [2.05, 4.69) is 10.4 Å². The largest absolute Gasteiger partial charge is 0.496 e. The van der Waals surface area contributed by atoms with Crippen molar-refractivity contribution in [1.29, 1.82) is 0 Å². The van der Waals surface area contributed by atoms with E-state index in [4.69, 9.17) is 9.84 Å². The summed E-state index contributed by atoms with van der Waals surface area (Å²) >= 11 is 0. The number of ether oxygens (including phenoxy) is 1. The van der Waals surface area contributed by atoms with Gasteiger partial charge in [-0.3, -0.25) is 14.3 Å². The summed E-state index contributed by atoms with van der Waals surface area (Å²) in [5.41, 5.74) is 0.697. The van der Waals surface area contributed by atoms with E-state index in [1.54, 1.807) is 31.4 Å². The Labute approximate surface area is 181 Å². The normalized spacial score (nSPS) is 11.3. The molecule has 0 atom stereocenters. The number of alkyl halides is 3. The van der Waals surface area contributed by atoms with Gasteiger partial charge in [0.2, 0.25) is 0 Å². The number of rotatable bonds is 7. The number of methoxy groups -OCH3 is 1. The van der Waals surface area contributed by atoms with Crippen LogP contribution in [-0.2, 0) is 31.0 Å². The van der Waals surface area contributed by atoms with Gasteiger partial charge < -0.3 is 15.2 Å². The van der Waals surface area contributed by atoms with E-state index in [0.29, 0.717) is 22.4 Å². The molecule has 2 aromatic carbocycles. The minimum atomic E-state index is -4.58. The van der Waals surface area contributed by atoms with Gasteiger partial charge in [-0.2, -0.15) is 18.3 Å². The molecule has 32 heavy (non-hydrogen) atoms. The van der Waals surface area contributed by atoms with E-state index in [0.717, 1.165) is 12.1 Å². The molecule has 0 aliphatic carbocycles.